The molecule has 0 aliphatic carbocycles. The van der Waals surface area contributed by atoms with Gasteiger partial charge in [0.15, 0.2) is 0 Å². The average Bonchev–Trinajstić information content (AvgIpc) is 2.52. The Morgan fingerprint density at radius 2 is 2.00 bits per heavy atom. The number of piperidine rings is 1. The molecule has 1 heterocycles. The van der Waals surface area contributed by atoms with Crippen molar-refractivity contribution in [1.82, 2.24) is 4.90 Å². The molecule has 4 nitrogen and oxygen atoms in total. The predicted octanol–water partition coefficient (Wildman–Crippen LogP) is 2.06. The summed E-state index contributed by atoms with van der Waals surface area (Å²) in [7, 11) is 1.69. The zero-order valence-corrected chi connectivity index (χ0v) is 12.3. The van der Waals surface area contributed by atoms with Gasteiger partial charge in [0.25, 0.3) is 0 Å². The summed E-state index contributed by atoms with van der Waals surface area (Å²) in [5, 5.41) is 8.85. The zero-order valence-electron chi connectivity index (χ0n) is 12.3. The zero-order chi connectivity index (χ0) is 14.2. The highest BCUT2D eigenvalue weighted by atomic mass is 16.5. The smallest absolute Gasteiger partial charge is 0.124 e. The van der Waals surface area contributed by atoms with Crippen LogP contribution in [0.15, 0.2) is 24.3 Å². The fourth-order valence-corrected chi connectivity index (χ4v) is 2.62. The van der Waals surface area contributed by atoms with E-state index >= 15 is 0 Å². The van der Waals surface area contributed by atoms with Crippen molar-refractivity contribution >= 4 is 0 Å². The standard InChI is InChI=1S/C16H25NO3/c1-19-16-6-3-2-5-14(16)13-20-15-7-10-17(11-8-15)9-4-12-18/h2-3,5-6,15,18H,4,7-13H2,1H3. The van der Waals surface area contributed by atoms with Gasteiger partial charge >= 0.3 is 0 Å². The van der Waals surface area contributed by atoms with Gasteiger partial charge in [0.05, 0.1) is 19.8 Å². The molecule has 1 N–H and O–H groups in total. The summed E-state index contributed by atoms with van der Waals surface area (Å²) < 4.78 is 11.3. The lowest BCUT2D eigenvalue weighted by atomic mass is 10.1. The van der Waals surface area contributed by atoms with Gasteiger partial charge in [-0.3, -0.25) is 0 Å². The molecule has 1 saturated heterocycles. The number of aliphatic hydroxyl groups excluding tert-OH is 1. The highest BCUT2D eigenvalue weighted by Crippen LogP contribution is 2.21. The second-order valence-electron chi connectivity index (χ2n) is 5.24. The van der Waals surface area contributed by atoms with Gasteiger partial charge in [0, 0.05) is 31.8 Å². The molecule has 1 aromatic rings. The van der Waals surface area contributed by atoms with Gasteiger partial charge in [-0.1, -0.05) is 18.2 Å². The molecule has 112 valence electrons. The largest absolute Gasteiger partial charge is 0.496 e. The van der Waals surface area contributed by atoms with Crippen LogP contribution in [0.5, 0.6) is 5.75 Å². The van der Waals surface area contributed by atoms with Gasteiger partial charge in [-0.05, 0) is 25.3 Å². The number of aliphatic hydroxyl groups is 1. The summed E-state index contributed by atoms with van der Waals surface area (Å²) in [6.45, 7) is 4.03. The van der Waals surface area contributed by atoms with E-state index < -0.39 is 0 Å². The van der Waals surface area contributed by atoms with Crippen molar-refractivity contribution in [3.05, 3.63) is 29.8 Å². The average molecular weight is 279 g/mol. The van der Waals surface area contributed by atoms with Crippen molar-refractivity contribution in [3.8, 4) is 5.75 Å². The molecule has 0 amide bonds. The third-order valence-corrected chi connectivity index (χ3v) is 3.83. The maximum atomic E-state index is 8.85. The van der Waals surface area contributed by atoms with E-state index in [0.717, 1.165) is 50.2 Å². The molecule has 1 aliphatic rings. The fraction of sp³-hybridized carbons (Fsp3) is 0.625. The van der Waals surface area contributed by atoms with E-state index in [0.29, 0.717) is 12.7 Å². The molecule has 0 saturated carbocycles. The molecule has 4 heteroatoms. The molecule has 1 fully saturated rings. The third-order valence-electron chi connectivity index (χ3n) is 3.83. The molecule has 0 unspecified atom stereocenters. The monoisotopic (exact) mass is 279 g/mol. The van der Waals surface area contributed by atoms with E-state index in [-0.39, 0.29) is 6.61 Å². The first-order valence-electron chi connectivity index (χ1n) is 7.40. The van der Waals surface area contributed by atoms with Crippen LogP contribution in [0, 0.1) is 0 Å². The summed E-state index contributed by atoms with van der Waals surface area (Å²) in [4.78, 5) is 2.40. The van der Waals surface area contributed by atoms with Crippen LogP contribution in [-0.2, 0) is 11.3 Å². The van der Waals surface area contributed by atoms with Crippen molar-refractivity contribution in [2.24, 2.45) is 0 Å². The van der Waals surface area contributed by atoms with Gasteiger partial charge in [-0.15, -0.1) is 0 Å². The van der Waals surface area contributed by atoms with Crippen molar-refractivity contribution in [1.29, 1.82) is 0 Å². The fourth-order valence-electron chi connectivity index (χ4n) is 2.62. The molecular formula is C16H25NO3. The van der Waals surface area contributed by atoms with Crippen molar-refractivity contribution in [3.63, 3.8) is 0 Å². The molecule has 0 atom stereocenters. The molecule has 20 heavy (non-hydrogen) atoms. The summed E-state index contributed by atoms with van der Waals surface area (Å²) in [6, 6.07) is 8.01. The Morgan fingerprint density at radius 1 is 1.25 bits per heavy atom. The Kier molecular flexibility index (Phi) is 6.30. The van der Waals surface area contributed by atoms with Gasteiger partial charge in [0.2, 0.25) is 0 Å². The number of hydrogen-bond acceptors (Lipinski definition) is 4. The van der Waals surface area contributed by atoms with E-state index in [2.05, 4.69) is 11.0 Å². The SMILES string of the molecule is COc1ccccc1COC1CCN(CCCO)CC1. The quantitative estimate of drug-likeness (QED) is 0.829. The van der Waals surface area contributed by atoms with Crippen LogP contribution in [-0.4, -0.2) is 49.5 Å². The lowest BCUT2D eigenvalue weighted by Crippen LogP contribution is -2.37. The summed E-state index contributed by atoms with van der Waals surface area (Å²) in [5.74, 6) is 0.896. The van der Waals surface area contributed by atoms with Gasteiger partial charge < -0.3 is 19.5 Å². The summed E-state index contributed by atoms with van der Waals surface area (Å²) in [6.07, 6.45) is 3.35. The minimum Gasteiger partial charge on any atom is -0.496 e. The first-order valence-corrected chi connectivity index (χ1v) is 7.40. The minimum absolute atomic E-state index is 0.282. The van der Waals surface area contributed by atoms with Crippen molar-refractivity contribution < 1.29 is 14.6 Å². The molecule has 0 aromatic heterocycles. The number of methoxy groups -OCH3 is 1. The van der Waals surface area contributed by atoms with E-state index in [9.17, 15) is 0 Å². The third kappa shape index (κ3) is 4.47. The maximum absolute atomic E-state index is 8.85. The Labute approximate surface area is 121 Å². The van der Waals surface area contributed by atoms with Crippen LogP contribution in [0.25, 0.3) is 0 Å². The second-order valence-corrected chi connectivity index (χ2v) is 5.24. The lowest BCUT2D eigenvalue weighted by molar-refractivity contribution is -0.00378. The Balaban J connectivity index is 1.73. The van der Waals surface area contributed by atoms with Crippen LogP contribution in [0.3, 0.4) is 0 Å². The number of nitrogens with zero attached hydrogens (tertiary/aromatic N) is 1. The van der Waals surface area contributed by atoms with Gasteiger partial charge in [0.1, 0.15) is 5.75 Å². The molecule has 0 bridgehead atoms. The van der Waals surface area contributed by atoms with E-state index in [1.807, 2.05) is 18.2 Å². The molecule has 0 radical (unpaired) electrons. The highest BCUT2D eigenvalue weighted by molar-refractivity contribution is 5.32. The molecule has 0 spiro atoms. The van der Waals surface area contributed by atoms with Crippen LogP contribution in [0.2, 0.25) is 0 Å². The summed E-state index contributed by atoms with van der Waals surface area (Å²) in [5.41, 5.74) is 1.11. The summed E-state index contributed by atoms with van der Waals surface area (Å²) >= 11 is 0. The number of ether oxygens (including phenoxy) is 2. The topological polar surface area (TPSA) is 41.9 Å². The van der Waals surface area contributed by atoms with Crippen LogP contribution in [0.4, 0.5) is 0 Å². The predicted molar refractivity (Wildman–Crippen MR) is 78.9 cm³/mol. The van der Waals surface area contributed by atoms with Crippen LogP contribution in [0.1, 0.15) is 24.8 Å². The Hall–Kier alpha value is -1.10. The van der Waals surface area contributed by atoms with Crippen LogP contribution < -0.4 is 4.74 Å². The second kappa shape index (κ2) is 8.25. The van der Waals surface area contributed by atoms with Gasteiger partial charge in [-0.2, -0.15) is 0 Å². The Bertz CT molecular complexity index is 389. The minimum atomic E-state index is 0.282. The number of benzene rings is 1. The van der Waals surface area contributed by atoms with E-state index in [1.54, 1.807) is 7.11 Å². The lowest BCUT2D eigenvalue weighted by Gasteiger charge is -2.31. The molecular weight excluding hydrogens is 254 g/mol. The first kappa shape index (κ1) is 15.3. The number of rotatable bonds is 7. The number of hydrogen-bond donors (Lipinski definition) is 1. The molecule has 1 aliphatic heterocycles. The van der Waals surface area contributed by atoms with Crippen molar-refractivity contribution in [2.75, 3.05) is 33.4 Å². The first-order chi connectivity index (χ1) is 9.83. The number of likely N-dealkylation sites (tertiary alicyclic amines) is 1. The van der Waals surface area contributed by atoms with Gasteiger partial charge in [-0.25, -0.2) is 0 Å². The number of para-hydroxylation sites is 1. The van der Waals surface area contributed by atoms with Crippen LogP contribution >= 0.6 is 0 Å². The molecule has 2 rings (SSSR count). The maximum Gasteiger partial charge on any atom is 0.124 e. The van der Waals surface area contributed by atoms with E-state index in [4.69, 9.17) is 14.6 Å². The Morgan fingerprint density at radius 3 is 2.70 bits per heavy atom. The highest BCUT2D eigenvalue weighted by Gasteiger charge is 2.19. The van der Waals surface area contributed by atoms with E-state index in [1.165, 1.54) is 0 Å². The van der Waals surface area contributed by atoms with Crippen molar-refractivity contribution in [2.45, 2.75) is 32.0 Å². The molecule has 1 aromatic carbocycles. The normalized spacial score (nSPS) is 17.3.